The fourth-order valence-corrected chi connectivity index (χ4v) is 1.51. The molecule has 0 aliphatic carbocycles. The van der Waals surface area contributed by atoms with Gasteiger partial charge in [0.05, 0.1) is 19.4 Å². The molecule has 4 heteroatoms. The number of rotatable bonds is 6. The second kappa shape index (κ2) is 6.40. The molecule has 0 saturated carbocycles. The van der Waals surface area contributed by atoms with E-state index in [0.29, 0.717) is 0 Å². The van der Waals surface area contributed by atoms with E-state index in [1.165, 1.54) is 7.11 Å². The fourth-order valence-electron chi connectivity index (χ4n) is 1.51. The monoisotopic (exact) mass is 202 g/mol. The number of carbonyl (C=O) groups is 2. The zero-order valence-electron chi connectivity index (χ0n) is 8.95. The van der Waals surface area contributed by atoms with Gasteiger partial charge in [-0.25, -0.2) is 0 Å². The first-order chi connectivity index (χ1) is 6.52. The van der Waals surface area contributed by atoms with E-state index in [0.717, 1.165) is 12.8 Å². The average molecular weight is 202 g/mol. The van der Waals surface area contributed by atoms with Crippen molar-refractivity contribution in [2.45, 2.75) is 33.1 Å². The maximum Gasteiger partial charge on any atom is 0.309 e. The molecule has 0 aromatic carbocycles. The van der Waals surface area contributed by atoms with Crippen LogP contribution >= 0.6 is 0 Å². The lowest BCUT2D eigenvalue weighted by Gasteiger charge is -2.19. The van der Waals surface area contributed by atoms with E-state index >= 15 is 0 Å². The summed E-state index contributed by atoms with van der Waals surface area (Å²) in [4.78, 5) is 21.8. The molecular formula is C10H18O4. The largest absolute Gasteiger partial charge is 0.481 e. The molecule has 0 saturated heterocycles. The van der Waals surface area contributed by atoms with E-state index in [1.807, 2.05) is 13.8 Å². The second-order valence-corrected chi connectivity index (χ2v) is 3.49. The van der Waals surface area contributed by atoms with E-state index in [2.05, 4.69) is 4.74 Å². The Morgan fingerprint density at radius 3 is 2.36 bits per heavy atom. The molecule has 0 fully saturated rings. The van der Waals surface area contributed by atoms with Gasteiger partial charge in [-0.15, -0.1) is 0 Å². The topological polar surface area (TPSA) is 63.6 Å². The Kier molecular flexibility index (Phi) is 5.92. The van der Waals surface area contributed by atoms with Gasteiger partial charge < -0.3 is 9.84 Å². The summed E-state index contributed by atoms with van der Waals surface area (Å²) < 4.78 is 4.58. The molecule has 0 spiro atoms. The molecule has 0 aromatic rings. The molecule has 0 amide bonds. The minimum atomic E-state index is -0.955. The van der Waals surface area contributed by atoms with Gasteiger partial charge in [-0.05, 0) is 5.92 Å². The summed E-state index contributed by atoms with van der Waals surface area (Å²) >= 11 is 0. The SMILES string of the molecule is CCC[C@H](C)C(CC(=O)O)C(=O)OC. The number of aliphatic carboxylic acids is 1. The second-order valence-electron chi connectivity index (χ2n) is 3.49. The minimum absolute atomic E-state index is 0.0588. The molecule has 82 valence electrons. The number of ether oxygens (including phenoxy) is 1. The van der Waals surface area contributed by atoms with E-state index < -0.39 is 17.9 Å². The van der Waals surface area contributed by atoms with Crippen LogP contribution in [0.4, 0.5) is 0 Å². The van der Waals surface area contributed by atoms with Crippen LogP contribution in [0.5, 0.6) is 0 Å². The predicted molar refractivity (Wildman–Crippen MR) is 51.8 cm³/mol. The maximum absolute atomic E-state index is 11.3. The standard InChI is InChI=1S/C10H18O4/c1-4-5-7(2)8(6-9(11)12)10(13)14-3/h7-8H,4-6H2,1-3H3,(H,11,12)/t7-,8?/m0/s1. The number of esters is 1. The van der Waals surface area contributed by atoms with Crippen molar-refractivity contribution < 1.29 is 19.4 Å². The first-order valence-electron chi connectivity index (χ1n) is 4.82. The average Bonchev–Trinajstić information content (AvgIpc) is 2.13. The number of carboxylic acid groups (broad SMARTS) is 1. The number of hydrogen-bond acceptors (Lipinski definition) is 3. The zero-order chi connectivity index (χ0) is 11.1. The first-order valence-corrected chi connectivity index (χ1v) is 4.82. The van der Waals surface area contributed by atoms with Crippen LogP contribution in [0.3, 0.4) is 0 Å². The van der Waals surface area contributed by atoms with Crippen LogP contribution in [-0.2, 0) is 14.3 Å². The van der Waals surface area contributed by atoms with E-state index in [9.17, 15) is 9.59 Å². The van der Waals surface area contributed by atoms with Gasteiger partial charge in [-0.1, -0.05) is 26.7 Å². The highest BCUT2D eigenvalue weighted by Crippen LogP contribution is 2.21. The van der Waals surface area contributed by atoms with Crippen LogP contribution < -0.4 is 0 Å². The normalized spacial score (nSPS) is 14.5. The summed E-state index contributed by atoms with van der Waals surface area (Å²) in [6.45, 7) is 3.89. The highest BCUT2D eigenvalue weighted by atomic mass is 16.5. The van der Waals surface area contributed by atoms with Gasteiger partial charge in [0, 0.05) is 0 Å². The van der Waals surface area contributed by atoms with Crippen LogP contribution in [0.25, 0.3) is 0 Å². The molecule has 1 N–H and O–H groups in total. The summed E-state index contributed by atoms with van der Waals surface area (Å²) in [5.41, 5.74) is 0. The van der Waals surface area contributed by atoms with Crippen LogP contribution in [0.15, 0.2) is 0 Å². The molecule has 0 aromatic heterocycles. The summed E-state index contributed by atoms with van der Waals surface area (Å²) in [7, 11) is 1.29. The number of carboxylic acids is 1. The maximum atomic E-state index is 11.3. The van der Waals surface area contributed by atoms with Gasteiger partial charge >= 0.3 is 11.9 Å². The van der Waals surface area contributed by atoms with Crippen molar-refractivity contribution in [3.8, 4) is 0 Å². The molecule has 14 heavy (non-hydrogen) atoms. The third-order valence-corrected chi connectivity index (χ3v) is 2.33. The van der Waals surface area contributed by atoms with E-state index in [-0.39, 0.29) is 12.3 Å². The number of carbonyl (C=O) groups excluding carboxylic acids is 1. The predicted octanol–water partition coefficient (Wildman–Crippen LogP) is 1.69. The Bertz CT molecular complexity index is 200. The smallest absolute Gasteiger partial charge is 0.309 e. The summed E-state index contributed by atoms with van der Waals surface area (Å²) in [5, 5.41) is 8.64. The molecule has 0 bridgehead atoms. The van der Waals surface area contributed by atoms with Gasteiger partial charge in [-0.3, -0.25) is 9.59 Å². The van der Waals surface area contributed by atoms with Crippen molar-refractivity contribution in [1.82, 2.24) is 0 Å². The quantitative estimate of drug-likeness (QED) is 0.666. The van der Waals surface area contributed by atoms with Gasteiger partial charge in [-0.2, -0.15) is 0 Å². The lowest BCUT2D eigenvalue weighted by molar-refractivity contribution is -0.152. The molecule has 0 radical (unpaired) electrons. The van der Waals surface area contributed by atoms with Crippen molar-refractivity contribution in [3.63, 3.8) is 0 Å². The van der Waals surface area contributed by atoms with E-state index in [1.54, 1.807) is 0 Å². The molecular weight excluding hydrogens is 184 g/mol. The van der Waals surface area contributed by atoms with Crippen LogP contribution in [-0.4, -0.2) is 24.2 Å². The van der Waals surface area contributed by atoms with Crippen molar-refractivity contribution in [2.75, 3.05) is 7.11 Å². The summed E-state index contributed by atoms with van der Waals surface area (Å²) in [5.74, 6) is -1.84. The van der Waals surface area contributed by atoms with Crippen molar-refractivity contribution in [1.29, 1.82) is 0 Å². The highest BCUT2D eigenvalue weighted by molar-refractivity contribution is 5.79. The highest BCUT2D eigenvalue weighted by Gasteiger charge is 2.27. The van der Waals surface area contributed by atoms with Crippen molar-refractivity contribution in [3.05, 3.63) is 0 Å². The summed E-state index contributed by atoms with van der Waals surface area (Å²) in [6, 6.07) is 0. The molecule has 0 aliphatic heterocycles. The summed E-state index contributed by atoms with van der Waals surface area (Å²) in [6.07, 6.45) is 1.63. The number of methoxy groups -OCH3 is 1. The molecule has 2 atom stereocenters. The number of hydrogen-bond donors (Lipinski definition) is 1. The molecule has 0 heterocycles. The van der Waals surface area contributed by atoms with Gasteiger partial charge in [0.1, 0.15) is 0 Å². The lowest BCUT2D eigenvalue weighted by Crippen LogP contribution is -2.26. The van der Waals surface area contributed by atoms with Crippen LogP contribution in [0, 0.1) is 11.8 Å². The Balaban J connectivity index is 4.37. The Morgan fingerprint density at radius 2 is 2.00 bits per heavy atom. The fraction of sp³-hybridized carbons (Fsp3) is 0.800. The third kappa shape index (κ3) is 4.25. The van der Waals surface area contributed by atoms with Gasteiger partial charge in [0.25, 0.3) is 0 Å². The van der Waals surface area contributed by atoms with Crippen molar-refractivity contribution in [2.24, 2.45) is 11.8 Å². The van der Waals surface area contributed by atoms with Crippen LogP contribution in [0.1, 0.15) is 33.1 Å². The Labute approximate surface area is 84.3 Å². The zero-order valence-corrected chi connectivity index (χ0v) is 8.95. The Morgan fingerprint density at radius 1 is 1.43 bits per heavy atom. The first kappa shape index (κ1) is 12.9. The third-order valence-electron chi connectivity index (χ3n) is 2.33. The molecule has 1 unspecified atom stereocenters. The van der Waals surface area contributed by atoms with Gasteiger partial charge in [0.15, 0.2) is 0 Å². The molecule has 0 aliphatic rings. The van der Waals surface area contributed by atoms with Gasteiger partial charge in [0.2, 0.25) is 0 Å². The molecule has 4 nitrogen and oxygen atoms in total. The minimum Gasteiger partial charge on any atom is -0.481 e. The molecule has 0 rings (SSSR count). The Hall–Kier alpha value is -1.06. The van der Waals surface area contributed by atoms with E-state index in [4.69, 9.17) is 5.11 Å². The van der Waals surface area contributed by atoms with Crippen LogP contribution in [0.2, 0.25) is 0 Å². The van der Waals surface area contributed by atoms with Crippen molar-refractivity contribution >= 4 is 11.9 Å². The lowest BCUT2D eigenvalue weighted by atomic mass is 9.88.